The molecule has 114 valence electrons. The Morgan fingerprint density at radius 1 is 1.50 bits per heavy atom. The van der Waals surface area contributed by atoms with Gasteiger partial charge in [-0.2, -0.15) is 5.26 Å². The first-order chi connectivity index (χ1) is 10.6. The molecule has 1 aromatic rings. The standard InChI is InChI=1S/C15H15N3O4/c1-22-10-9-17-15(19)13(11-16)7-4-6-12-5-2-3-8-14(12)18(20)21/h2-8H,9-10H2,1H3,(H,17,19)/b6-4+,13-7+. The second-order valence-electron chi connectivity index (χ2n) is 4.12. The van der Waals surface area contributed by atoms with Crippen LogP contribution in [0.5, 0.6) is 0 Å². The Balaban J connectivity index is 2.82. The third-order valence-corrected chi connectivity index (χ3v) is 2.63. The molecule has 0 atom stereocenters. The first-order valence-corrected chi connectivity index (χ1v) is 6.39. The molecule has 0 unspecified atom stereocenters. The second kappa shape index (κ2) is 9.05. The number of ether oxygens (including phenoxy) is 1. The molecule has 0 heterocycles. The highest BCUT2D eigenvalue weighted by molar-refractivity contribution is 5.97. The molecule has 0 saturated heterocycles. The Labute approximate surface area is 127 Å². The Hall–Kier alpha value is -2.98. The van der Waals surface area contributed by atoms with Gasteiger partial charge in [-0.1, -0.05) is 18.2 Å². The minimum atomic E-state index is -0.522. The summed E-state index contributed by atoms with van der Waals surface area (Å²) < 4.78 is 4.79. The number of rotatable bonds is 7. The zero-order valence-corrected chi connectivity index (χ0v) is 12.0. The third kappa shape index (κ3) is 5.19. The van der Waals surface area contributed by atoms with Crippen LogP contribution in [0.2, 0.25) is 0 Å². The number of nitriles is 1. The number of para-hydroxylation sites is 1. The summed E-state index contributed by atoms with van der Waals surface area (Å²) in [6.45, 7) is 0.638. The minimum Gasteiger partial charge on any atom is -0.383 e. The van der Waals surface area contributed by atoms with Gasteiger partial charge in [0.05, 0.1) is 17.1 Å². The molecule has 0 aliphatic carbocycles. The fourth-order valence-corrected chi connectivity index (χ4v) is 1.57. The summed E-state index contributed by atoms with van der Waals surface area (Å²) in [7, 11) is 1.50. The first kappa shape index (κ1) is 17.1. The zero-order chi connectivity index (χ0) is 16.4. The number of nitrogens with one attached hydrogen (secondary N) is 1. The van der Waals surface area contributed by atoms with E-state index in [2.05, 4.69) is 5.32 Å². The summed E-state index contributed by atoms with van der Waals surface area (Å²) in [5, 5.41) is 22.3. The van der Waals surface area contributed by atoms with Crippen molar-refractivity contribution in [2.75, 3.05) is 20.3 Å². The van der Waals surface area contributed by atoms with E-state index in [9.17, 15) is 14.9 Å². The number of hydrogen-bond donors (Lipinski definition) is 1. The molecule has 0 spiro atoms. The largest absolute Gasteiger partial charge is 0.383 e. The maximum Gasteiger partial charge on any atom is 0.276 e. The molecule has 1 aromatic carbocycles. The number of nitro benzene ring substituents is 1. The van der Waals surface area contributed by atoms with E-state index in [4.69, 9.17) is 10.00 Å². The fraction of sp³-hybridized carbons (Fsp3) is 0.200. The first-order valence-electron chi connectivity index (χ1n) is 6.39. The SMILES string of the molecule is COCCNC(=O)/C(C#N)=C/C=C/c1ccccc1[N+](=O)[O-]. The predicted octanol–water partition coefficient (Wildman–Crippen LogP) is 1.82. The van der Waals surface area contributed by atoms with Gasteiger partial charge in [-0.25, -0.2) is 0 Å². The lowest BCUT2D eigenvalue weighted by Gasteiger charge is -2.01. The Bertz CT molecular complexity index is 644. The van der Waals surface area contributed by atoms with Crippen molar-refractivity contribution in [3.05, 3.63) is 57.7 Å². The van der Waals surface area contributed by atoms with Crippen LogP contribution in [0.1, 0.15) is 5.56 Å². The van der Waals surface area contributed by atoms with Crippen LogP contribution in [-0.2, 0) is 9.53 Å². The molecule has 0 radical (unpaired) electrons. The van der Waals surface area contributed by atoms with Gasteiger partial charge in [0, 0.05) is 19.7 Å². The Morgan fingerprint density at radius 3 is 2.86 bits per heavy atom. The van der Waals surface area contributed by atoms with Crippen molar-refractivity contribution in [2.24, 2.45) is 0 Å². The highest BCUT2D eigenvalue weighted by Gasteiger charge is 2.09. The van der Waals surface area contributed by atoms with Crippen LogP contribution in [0.25, 0.3) is 6.08 Å². The molecule has 1 amide bonds. The van der Waals surface area contributed by atoms with E-state index in [1.54, 1.807) is 24.3 Å². The highest BCUT2D eigenvalue weighted by Crippen LogP contribution is 2.18. The van der Waals surface area contributed by atoms with Crippen LogP contribution in [0.4, 0.5) is 5.69 Å². The summed E-state index contributed by atoms with van der Waals surface area (Å²) in [5.41, 5.74) is 0.252. The van der Waals surface area contributed by atoms with Gasteiger partial charge in [0.25, 0.3) is 11.6 Å². The van der Waals surface area contributed by atoms with Crippen molar-refractivity contribution in [2.45, 2.75) is 0 Å². The van der Waals surface area contributed by atoms with Gasteiger partial charge in [0.2, 0.25) is 0 Å². The monoisotopic (exact) mass is 301 g/mol. The van der Waals surface area contributed by atoms with Crippen LogP contribution in [0.15, 0.2) is 42.0 Å². The molecule has 0 aromatic heterocycles. The van der Waals surface area contributed by atoms with E-state index in [1.165, 1.54) is 31.4 Å². The molecular formula is C15H15N3O4. The molecular weight excluding hydrogens is 286 g/mol. The predicted molar refractivity (Wildman–Crippen MR) is 80.7 cm³/mol. The van der Waals surface area contributed by atoms with Gasteiger partial charge in [0.15, 0.2) is 0 Å². The minimum absolute atomic E-state index is 0.0461. The molecule has 0 saturated carbocycles. The maximum absolute atomic E-state index is 11.7. The number of hydrogen-bond acceptors (Lipinski definition) is 5. The molecule has 1 N–H and O–H groups in total. The lowest BCUT2D eigenvalue weighted by Crippen LogP contribution is -2.27. The quantitative estimate of drug-likeness (QED) is 0.206. The molecule has 22 heavy (non-hydrogen) atoms. The van der Waals surface area contributed by atoms with E-state index in [-0.39, 0.29) is 11.3 Å². The summed E-state index contributed by atoms with van der Waals surface area (Å²) in [5.74, 6) is -0.522. The molecule has 1 rings (SSSR count). The molecule has 0 aliphatic rings. The molecule has 7 heteroatoms. The number of amides is 1. The molecule has 7 nitrogen and oxygen atoms in total. The van der Waals surface area contributed by atoms with E-state index in [0.29, 0.717) is 18.7 Å². The number of methoxy groups -OCH3 is 1. The van der Waals surface area contributed by atoms with Gasteiger partial charge in [0.1, 0.15) is 11.6 Å². The van der Waals surface area contributed by atoms with E-state index in [1.807, 2.05) is 0 Å². The summed E-state index contributed by atoms with van der Waals surface area (Å²) >= 11 is 0. The smallest absolute Gasteiger partial charge is 0.276 e. The van der Waals surface area contributed by atoms with E-state index < -0.39 is 10.8 Å². The number of benzene rings is 1. The van der Waals surface area contributed by atoms with E-state index >= 15 is 0 Å². The fourth-order valence-electron chi connectivity index (χ4n) is 1.57. The lowest BCUT2D eigenvalue weighted by atomic mass is 10.1. The maximum atomic E-state index is 11.7. The van der Waals surface area contributed by atoms with Gasteiger partial charge in [-0.15, -0.1) is 0 Å². The van der Waals surface area contributed by atoms with Crippen LogP contribution < -0.4 is 5.32 Å². The Morgan fingerprint density at radius 2 is 2.23 bits per heavy atom. The van der Waals surface area contributed by atoms with Crippen molar-refractivity contribution >= 4 is 17.7 Å². The number of carbonyl (C=O) groups excluding carboxylic acids is 1. The average molecular weight is 301 g/mol. The number of nitro groups is 1. The molecule has 0 aliphatic heterocycles. The molecule has 0 bridgehead atoms. The normalized spacial score (nSPS) is 11.2. The van der Waals surface area contributed by atoms with Crippen LogP contribution >= 0.6 is 0 Å². The number of carbonyl (C=O) groups is 1. The van der Waals surface area contributed by atoms with Gasteiger partial charge >= 0.3 is 0 Å². The molecule has 0 fully saturated rings. The average Bonchev–Trinajstić information content (AvgIpc) is 2.52. The summed E-state index contributed by atoms with van der Waals surface area (Å²) in [6, 6.07) is 7.96. The number of allylic oxidation sites excluding steroid dienone is 2. The van der Waals surface area contributed by atoms with Crippen molar-refractivity contribution < 1.29 is 14.5 Å². The summed E-state index contributed by atoms with van der Waals surface area (Å²) in [6.07, 6.45) is 4.20. The zero-order valence-electron chi connectivity index (χ0n) is 12.0. The Kier molecular flexibility index (Phi) is 7.02. The second-order valence-corrected chi connectivity index (χ2v) is 4.12. The van der Waals surface area contributed by atoms with Gasteiger partial charge in [-0.3, -0.25) is 14.9 Å². The van der Waals surface area contributed by atoms with E-state index in [0.717, 1.165) is 0 Å². The van der Waals surface area contributed by atoms with Crippen LogP contribution in [0, 0.1) is 21.4 Å². The third-order valence-electron chi connectivity index (χ3n) is 2.63. The number of nitrogens with zero attached hydrogens (tertiary/aromatic N) is 2. The van der Waals surface area contributed by atoms with Crippen molar-refractivity contribution in [3.63, 3.8) is 0 Å². The highest BCUT2D eigenvalue weighted by atomic mass is 16.6. The van der Waals surface area contributed by atoms with Crippen molar-refractivity contribution in [3.8, 4) is 6.07 Å². The van der Waals surface area contributed by atoms with Gasteiger partial charge < -0.3 is 10.1 Å². The topological polar surface area (TPSA) is 105 Å². The van der Waals surface area contributed by atoms with Crippen LogP contribution in [-0.4, -0.2) is 31.1 Å². The van der Waals surface area contributed by atoms with Crippen LogP contribution in [0.3, 0.4) is 0 Å². The van der Waals surface area contributed by atoms with Gasteiger partial charge in [-0.05, 0) is 18.2 Å². The van der Waals surface area contributed by atoms with Crippen molar-refractivity contribution in [1.29, 1.82) is 5.26 Å². The van der Waals surface area contributed by atoms with Crippen molar-refractivity contribution in [1.82, 2.24) is 5.32 Å². The summed E-state index contributed by atoms with van der Waals surface area (Å²) in [4.78, 5) is 22.0. The lowest BCUT2D eigenvalue weighted by molar-refractivity contribution is -0.385.